The summed E-state index contributed by atoms with van der Waals surface area (Å²) in [6, 6.07) is 0.264. The van der Waals surface area contributed by atoms with Gasteiger partial charge in [0.25, 0.3) is 0 Å². The lowest BCUT2D eigenvalue weighted by atomic mass is 9.77. The van der Waals surface area contributed by atoms with Crippen molar-refractivity contribution in [3.8, 4) is 0 Å². The molecule has 2 aliphatic rings. The van der Waals surface area contributed by atoms with Crippen LogP contribution in [0, 0.1) is 0 Å². The fourth-order valence-corrected chi connectivity index (χ4v) is 3.03. The van der Waals surface area contributed by atoms with Gasteiger partial charge in [-0.2, -0.15) is 4.98 Å². The van der Waals surface area contributed by atoms with Crippen molar-refractivity contribution < 1.29 is 9.26 Å². The van der Waals surface area contributed by atoms with E-state index >= 15 is 0 Å². The molecular formula is C14H23N3O2. The van der Waals surface area contributed by atoms with Crippen LogP contribution in [0.3, 0.4) is 0 Å². The molecule has 3 rings (SSSR count). The molecule has 1 atom stereocenters. The Balaban J connectivity index is 1.65. The van der Waals surface area contributed by atoms with Crippen LogP contribution in [-0.2, 0) is 11.2 Å². The molecule has 0 spiro atoms. The molecule has 0 aromatic carbocycles. The maximum atomic E-state index is 5.61. The second-order valence-corrected chi connectivity index (χ2v) is 5.82. The second-order valence-electron chi connectivity index (χ2n) is 5.82. The maximum absolute atomic E-state index is 5.61. The Labute approximate surface area is 114 Å². The first-order valence-corrected chi connectivity index (χ1v) is 7.42. The summed E-state index contributed by atoms with van der Waals surface area (Å²) in [5.74, 6) is 1.55. The summed E-state index contributed by atoms with van der Waals surface area (Å²) in [6.45, 7) is 1.05. The van der Waals surface area contributed by atoms with Crippen molar-refractivity contribution in [2.45, 2.75) is 63.0 Å². The largest absolute Gasteiger partial charge is 0.378 e. The molecule has 2 fully saturated rings. The van der Waals surface area contributed by atoms with E-state index in [4.69, 9.17) is 9.26 Å². The number of ether oxygens (including phenoxy) is 1. The van der Waals surface area contributed by atoms with Gasteiger partial charge in [0.2, 0.25) is 5.89 Å². The van der Waals surface area contributed by atoms with Gasteiger partial charge in [-0.25, -0.2) is 0 Å². The van der Waals surface area contributed by atoms with Crippen LogP contribution in [0.4, 0.5) is 0 Å². The molecular weight excluding hydrogens is 242 g/mol. The zero-order valence-corrected chi connectivity index (χ0v) is 11.7. The molecule has 2 heterocycles. The smallest absolute Gasteiger partial charge is 0.229 e. The van der Waals surface area contributed by atoms with E-state index in [1.807, 2.05) is 0 Å². The van der Waals surface area contributed by atoms with E-state index in [1.165, 1.54) is 25.7 Å². The van der Waals surface area contributed by atoms with Crippen LogP contribution in [0.15, 0.2) is 4.52 Å². The molecule has 1 aliphatic carbocycles. The number of methoxy groups -OCH3 is 1. The summed E-state index contributed by atoms with van der Waals surface area (Å²) in [5.41, 5.74) is -0.0410. The minimum Gasteiger partial charge on any atom is -0.378 e. The quantitative estimate of drug-likeness (QED) is 0.905. The average Bonchev–Trinajstić information content (AvgIpc) is 2.67. The Morgan fingerprint density at radius 2 is 2.21 bits per heavy atom. The van der Waals surface area contributed by atoms with Crippen molar-refractivity contribution in [1.29, 1.82) is 0 Å². The standard InChI is InChI=1S/C14H23N3O2/c1-18-14(7-5-8-14)10-12-16-13(17-19-12)11-6-3-2-4-9-15-11/h11,15H,2-10H2,1H3. The van der Waals surface area contributed by atoms with Crippen LogP contribution >= 0.6 is 0 Å². The van der Waals surface area contributed by atoms with Gasteiger partial charge in [-0.05, 0) is 38.6 Å². The van der Waals surface area contributed by atoms with E-state index in [0.29, 0.717) is 0 Å². The van der Waals surface area contributed by atoms with Crippen LogP contribution < -0.4 is 5.32 Å². The summed E-state index contributed by atoms with van der Waals surface area (Å²) in [5, 5.41) is 7.65. The van der Waals surface area contributed by atoms with Crippen LogP contribution in [0.25, 0.3) is 0 Å². The third-order valence-corrected chi connectivity index (χ3v) is 4.53. The average molecular weight is 265 g/mol. The fourth-order valence-electron chi connectivity index (χ4n) is 3.03. The van der Waals surface area contributed by atoms with E-state index in [9.17, 15) is 0 Å². The summed E-state index contributed by atoms with van der Waals surface area (Å²) in [4.78, 5) is 4.57. The summed E-state index contributed by atoms with van der Waals surface area (Å²) < 4.78 is 11.0. The minimum absolute atomic E-state index is 0.0410. The molecule has 0 radical (unpaired) electrons. The topological polar surface area (TPSA) is 60.2 Å². The third kappa shape index (κ3) is 2.82. The Kier molecular flexibility index (Phi) is 3.84. The minimum atomic E-state index is -0.0410. The lowest BCUT2D eigenvalue weighted by molar-refractivity contribution is -0.0751. The summed E-state index contributed by atoms with van der Waals surface area (Å²) >= 11 is 0. The number of hydrogen-bond donors (Lipinski definition) is 1. The molecule has 0 amide bonds. The highest BCUT2D eigenvalue weighted by Gasteiger charge is 2.39. The molecule has 19 heavy (non-hydrogen) atoms. The summed E-state index contributed by atoms with van der Waals surface area (Å²) in [7, 11) is 1.78. The highest BCUT2D eigenvalue weighted by Crippen LogP contribution is 2.37. The van der Waals surface area contributed by atoms with Crippen molar-refractivity contribution in [3.63, 3.8) is 0 Å². The van der Waals surface area contributed by atoms with Crippen molar-refractivity contribution in [3.05, 3.63) is 11.7 Å². The van der Waals surface area contributed by atoms with Crippen molar-refractivity contribution in [1.82, 2.24) is 15.5 Å². The van der Waals surface area contributed by atoms with Crippen molar-refractivity contribution >= 4 is 0 Å². The molecule has 0 bridgehead atoms. The normalized spacial score (nSPS) is 26.7. The Hall–Kier alpha value is -0.940. The Morgan fingerprint density at radius 3 is 2.95 bits per heavy atom. The van der Waals surface area contributed by atoms with E-state index in [1.54, 1.807) is 7.11 Å². The van der Waals surface area contributed by atoms with E-state index < -0.39 is 0 Å². The zero-order valence-electron chi connectivity index (χ0n) is 11.7. The van der Waals surface area contributed by atoms with Gasteiger partial charge in [0, 0.05) is 7.11 Å². The highest BCUT2D eigenvalue weighted by molar-refractivity contribution is 5.01. The van der Waals surface area contributed by atoms with Gasteiger partial charge in [-0.1, -0.05) is 18.0 Å². The van der Waals surface area contributed by atoms with E-state index in [0.717, 1.165) is 43.9 Å². The number of aromatic nitrogens is 2. The molecule has 1 N–H and O–H groups in total. The third-order valence-electron chi connectivity index (χ3n) is 4.53. The Bertz CT molecular complexity index is 401. The number of nitrogens with zero attached hydrogens (tertiary/aromatic N) is 2. The Morgan fingerprint density at radius 1 is 1.32 bits per heavy atom. The van der Waals surface area contributed by atoms with Crippen LogP contribution in [0.1, 0.15) is 62.7 Å². The van der Waals surface area contributed by atoms with Crippen LogP contribution in [0.2, 0.25) is 0 Å². The maximum Gasteiger partial charge on any atom is 0.229 e. The van der Waals surface area contributed by atoms with Gasteiger partial charge < -0.3 is 14.6 Å². The summed E-state index contributed by atoms with van der Waals surface area (Å²) in [6.07, 6.45) is 9.07. The predicted molar refractivity (Wildman–Crippen MR) is 70.8 cm³/mol. The monoisotopic (exact) mass is 265 g/mol. The van der Waals surface area contributed by atoms with Crippen molar-refractivity contribution in [2.75, 3.05) is 13.7 Å². The molecule has 1 unspecified atom stereocenters. The van der Waals surface area contributed by atoms with Gasteiger partial charge in [-0.3, -0.25) is 0 Å². The van der Waals surface area contributed by atoms with E-state index in [2.05, 4.69) is 15.5 Å². The highest BCUT2D eigenvalue weighted by atomic mass is 16.5. The lowest BCUT2D eigenvalue weighted by Crippen LogP contribution is -2.41. The van der Waals surface area contributed by atoms with Gasteiger partial charge in [0.1, 0.15) is 0 Å². The molecule has 1 saturated heterocycles. The zero-order chi connectivity index (χ0) is 13.1. The molecule has 1 aromatic rings. The number of nitrogens with one attached hydrogen (secondary N) is 1. The van der Waals surface area contributed by atoms with Crippen LogP contribution in [0.5, 0.6) is 0 Å². The van der Waals surface area contributed by atoms with Gasteiger partial charge in [0.15, 0.2) is 5.82 Å². The molecule has 1 aliphatic heterocycles. The lowest BCUT2D eigenvalue weighted by Gasteiger charge is -2.39. The van der Waals surface area contributed by atoms with Crippen LogP contribution in [-0.4, -0.2) is 29.4 Å². The molecule has 5 heteroatoms. The molecule has 106 valence electrons. The second kappa shape index (κ2) is 5.59. The predicted octanol–water partition coefficient (Wildman–Crippen LogP) is 2.39. The van der Waals surface area contributed by atoms with Crippen molar-refractivity contribution in [2.24, 2.45) is 0 Å². The van der Waals surface area contributed by atoms with Gasteiger partial charge >= 0.3 is 0 Å². The molecule has 1 aromatic heterocycles. The van der Waals surface area contributed by atoms with E-state index in [-0.39, 0.29) is 11.6 Å². The number of hydrogen-bond acceptors (Lipinski definition) is 5. The first-order chi connectivity index (χ1) is 9.31. The molecule has 1 saturated carbocycles. The first-order valence-electron chi connectivity index (χ1n) is 7.42. The number of rotatable bonds is 4. The molecule has 5 nitrogen and oxygen atoms in total. The SMILES string of the molecule is COC1(Cc2nc(C3CCCCCN3)no2)CCC1. The fraction of sp³-hybridized carbons (Fsp3) is 0.857. The van der Waals surface area contributed by atoms with Gasteiger partial charge in [-0.15, -0.1) is 0 Å². The first kappa shape index (κ1) is 13.1. The van der Waals surface area contributed by atoms with Gasteiger partial charge in [0.05, 0.1) is 18.1 Å².